The molecule has 1 saturated heterocycles. The Labute approximate surface area is 84.4 Å². The fourth-order valence-corrected chi connectivity index (χ4v) is 1.79. The molecular weight excluding hydrogens is 176 g/mol. The fraction of sp³-hybridized carbons (Fsp3) is 0.600. The van der Waals surface area contributed by atoms with E-state index in [0.717, 1.165) is 31.3 Å². The van der Waals surface area contributed by atoms with E-state index in [2.05, 4.69) is 27.1 Å². The van der Waals surface area contributed by atoms with Gasteiger partial charge in [-0.1, -0.05) is 0 Å². The summed E-state index contributed by atoms with van der Waals surface area (Å²) in [5.41, 5.74) is 0. The van der Waals surface area contributed by atoms with E-state index in [-0.39, 0.29) is 0 Å². The summed E-state index contributed by atoms with van der Waals surface area (Å²) in [6.07, 6.45) is 1.83. The van der Waals surface area contributed by atoms with E-state index >= 15 is 0 Å². The minimum Gasteiger partial charge on any atom is -0.351 e. The molecular formula is C10H16N4. The van der Waals surface area contributed by atoms with E-state index in [1.165, 1.54) is 0 Å². The predicted octanol–water partition coefficient (Wildman–Crippen LogP) is 0.583. The lowest BCUT2D eigenvalue weighted by Gasteiger charge is -2.34. The van der Waals surface area contributed by atoms with Crippen molar-refractivity contribution in [3.05, 3.63) is 18.1 Å². The number of aryl methyl sites for hydroxylation is 1. The minimum absolute atomic E-state index is 0.512. The monoisotopic (exact) mass is 192 g/mol. The Morgan fingerprint density at radius 3 is 3.14 bits per heavy atom. The average Bonchev–Trinajstić information content (AvgIpc) is 2.18. The highest BCUT2D eigenvalue weighted by Gasteiger charge is 2.18. The molecule has 1 aliphatic heterocycles. The molecule has 0 saturated carbocycles. The molecule has 4 heteroatoms. The zero-order valence-electron chi connectivity index (χ0n) is 8.70. The number of anilines is 1. The maximum atomic E-state index is 4.43. The molecule has 0 aliphatic carbocycles. The third-order valence-electron chi connectivity index (χ3n) is 2.56. The SMILES string of the molecule is Cc1nccc(N2CCNC[C@H]2C)n1. The van der Waals surface area contributed by atoms with Crippen LogP contribution in [0.4, 0.5) is 5.82 Å². The summed E-state index contributed by atoms with van der Waals surface area (Å²) in [6.45, 7) is 7.23. The molecule has 2 heterocycles. The normalized spacial score (nSPS) is 22.4. The first-order valence-corrected chi connectivity index (χ1v) is 5.04. The van der Waals surface area contributed by atoms with Crippen LogP contribution in [-0.4, -0.2) is 35.6 Å². The number of hydrogen-bond acceptors (Lipinski definition) is 4. The van der Waals surface area contributed by atoms with Crippen molar-refractivity contribution in [2.24, 2.45) is 0 Å². The van der Waals surface area contributed by atoms with Gasteiger partial charge >= 0.3 is 0 Å². The third-order valence-corrected chi connectivity index (χ3v) is 2.56. The van der Waals surface area contributed by atoms with Gasteiger partial charge in [-0.2, -0.15) is 0 Å². The van der Waals surface area contributed by atoms with Crippen molar-refractivity contribution in [2.75, 3.05) is 24.5 Å². The Morgan fingerprint density at radius 1 is 1.57 bits per heavy atom. The van der Waals surface area contributed by atoms with Gasteiger partial charge in [0.05, 0.1) is 0 Å². The Kier molecular flexibility index (Phi) is 2.63. The molecule has 76 valence electrons. The van der Waals surface area contributed by atoms with Gasteiger partial charge in [0.2, 0.25) is 0 Å². The standard InChI is InChI=1S/C10H16N4/c1-8-7-11-5-6-14(8)10-3-4-12-9(2)13-10/h3-4,8,11H,5-7H2,1-2H3/t8-/m1/s1. The van der Waals surface area contributed by atoms with Gasteiger partial charge in [-0.15, -0.1) is 0 Å². The lowest BCUT2D eigenvalue weighted by atomic mass is 10.2. The largest absolute Gasteiger partial charge is 0.351 e. The number of rotatable bonds is 1. The molecule has 1 aromatic rings. The molecule has 1 atom stereocenters. The summed E-state index contributed by atoms with van der Waals surface area (Å²) in [5, 5.41) is 3.36. The van der Waals surface area contributed by atoms with Crippen LogP contribution in [-0.2, 0) is 0 Å². The summed E-state index contributed by atoms with van der Waals surface area (Å²) >= 11 is 0. The van der Waals surface area contributed by atoms with Crippen molar-refractivity contribution in [1.29, 1.82) is 0 Å². The predicted molar refractivity (Wildman–Crippen MR) is 56.4 cm³/mol. The number of nitrogens with zero attached hydrogens (tertiary/aromatic N) is 3. The Bertz CT molecular complexity index is 313. The van der Waals surface area contributed by atoms with E-state index < -0.39 is 0 Å². The zero-order valence-corrected chi connectivity index (χ0v) is 8.70. The van der Waals surface area contributed by atoms with E-state index in [4.69, 9.17) is 0 Å². The molecule has 0 radical (unpaired) electrons. The maximum absolute atomic E-state index is 4.43. The second-order valence-electron chi connectivity index (χ2n) is 3.71. The van der Waals surface area contributed by atoms with E-state index in [1.807, 2.05) is 19.2 Å². The number of nitrogens with one attached hydrogen (secondary N) is 1. The van der Waals surface area contributed by atoms with Crippen molar-refractivity contribution in [3.8, 4) is 0 Å². The van der Waals surface area contributed by atoms with E-state index in [0.29, 0.717) is 6.04 Å². The van der Waals surface area contributed by atoms with Crippen LogP contribution < -0.4 is 10.2 Å². The summed E-state index contributed by atoms with van der Waals surface area (Å²) < 4.78 is 0. The molecule has 2 rings (SSSR count). The highest BCUT2D eigenvalue weighted by atomic mass is 15.3. The molecule has 4 nitrogen and oxygen atoms in total. The summed E-state index contributed by atoms with van der Waals surface area (Å²) in [7, 11) is 0. The van der Waals surface area contributed by atoms with Gasteiger partial charge in [-0.25, -0.2) is 9.97 Å². The van der Waals surface area contributed by atoms with Crippen LogP contribution in [0.3, 0.4) is 0 Å². The fourth-order valence-electron chi connectivity index (χ4n) is 1.79. The van der Waals surface area contributed by atoms with Gasteiger partial charge in [-0.3, -0.25) is 0 Å². The third kappa shape index (κ3) is 1.85. The van der Waals surface area contributed by atoms with Crippen molar-refractivity contribution < 1.29 is 0 Å². The van der Waals surface area contributed by atoms with Crippen LogP contribution >= 0.6 is 0 Å². The van der Waals surface area contributed by atoms with Crippen molar-refractivity contribution in [3.63, 3.8) is 0 Å². The molecule has 1 fully saturated rings. The molecule has 0 spiro atoms. The summed E-state index contributed by atoms with van der Waals surface area (Å²) in [5.74, 6) is 1.89. The van der Waals surface area contributed by atoms with Gasteiger partial charge in [0.25, 0.3) is 0 Å². The Morgan fingerprint density at radius 2 is 2.43 bits per heavy atom. The summed E-state index contributed by atoms with van der Waals surface area (Å²) in [4.78, 5) is 10.9. The molecule has 1 N–H and O–H groups in total. The van der Waals surface area contributed by atoms with Crippen LogP contribution in [0.25, 0.3) is 0 Å². The van der Waals surface area contributed by atoms with Crippen LogP contribution in [0.1, 0.15) is 12.7 Å². The molecule has 1 aromatic heterocycles. The lowest BCUT2D eigenvalue weighted by Crippen LogP contribution is -2.50. The highest BCUT2D eigenvalue weighted by Crippen LogP contribution is 2.14. The zero-order chi connectivity index (χ0) is 9.97. The molecule has 0 aromatic carbocycles. The molecule has 0 amide bonds. The smallest absolute Gasteiger partial charge is 0.132 e. The van der Waals surface area contributed by atoms with Crippen LogP contribution in [0.15, 0.2) is 12.3 Å². The number of aromatic nitrogens is 2. The second-order valence-corrected chi connectivity index (χ2v) is 3.71. The lowest BCUT2D eigenvalue weighted by molar-refractivity contribution is 0.496. The minimum atomic E-state index is 0.512. The molecule has 0 bridgehead atoms. The maximum Gasteiger partial charge on any atom is 0.132 e. The van der Waals surface area contributed by atoms with Gasteiger partial charge < -0.3 is 10.2 Å². The first kappa shape index (κ1) is 9.40. The Balaban J connectivity index is 2.20. The Hall–Kier alpha value is -1.16. The van der Waals surface area contributed by atoms with Crippen LogP contribution in [0.5, 0.6) is 0 Å². The second kappa shape index (κ2) is 3.92. The first-order chi connectivity index (χ1) is 6.77. The molecule has 14 heavy (non-hydrogen) atoms. The van der Waals surface area contributed by atoms with Crippen LogP contribution in [0, 0.1) is 6.92 Å². The van der Waals surface area contributed by atoms with Gasteiger partial charge in [-0.05, 0) is 19.9 Å². The molecule has 1 aliphatic rings. The van der Waals surface area contributed by atoms with Gasteiger partial charge in [0.1, 0.15) is 11.6 Å². The number of hydrogen-bond donors (Lipinski definition) is 1. The topological polar surface area (TPSA) is 41.1 Å². The quantitative estimate of drug-likeness (QED) is 0.707. The van der Waals surface area contributed by atoms with Gasteiger partial charge in [0.15, 0.2) is 0 Å². The van der Waals surface area contributed by atoms with Gasteiger partial charge in [0, 0.05) is 31.9 Å². The van der Waals surface area contributed by atoms with Crippen molar-refractivity contribution in [2.45, 2.75) is 19.9 Å². The average molecular weight is 192 g/mol. The molecule has 0 unspecified atom stereocenters. The number of piperazine rings is 1. The van der Waals surface area contributed by atoms with Crippen LogP contribution in [0.2, 0.25) is 0 Å². The highest BCUT2D eigenvalue weighted by molar-refractivity contribution is 5.39. The van der Waals surface area contributed by atoms with E-state index in [9.17, 15) is 0 Å². The van der Waals surface area contributed by atoms with Crippen molar-refractivity contribution >= 4 is 5.82 Å². The summed E-state index contributed by atoms with van der Waals surface area (Å²) in [6, 6.07) is 2.49. The van der Waals surface area contributed by atoms with E-state index in [1.54, 1.807) is 0 Å². The first-order valence-electron chi connectivity index (χ1n) is 5.04. The van der Waals surface area contributed by atoms with Crippen molar-refractivity contribution in [1.82, 2.24) is 15.3 Å².